The van der Waals surface area contributed by atoms with Crippen molar-refractivity contribution in [2.24, 2.45) is 5.92 Å². The number of nitrogens with one attached hydrogen (secondary N) is 2. The third-order valence-corrected chi connectivity index (χ3v) is 4.36. The van der Waals surface area contributed by atoms with Crippen LogP contribution in [0.5, 0.6) is 0 Å². The second kappa shape index (κ2) is 7.64. The molecule has 0 aromatic rings. The van der Waals surface area contributed by atoms with Gasteiger partial charge in [-0.3, -0.25) is 4.79 Å². The van der Waals surface area contributed by atoms with E-state index in [0.717, 1.165) is 32.2 Å². The zero-order valence-corrected chi connectivity index (χ0v) is 13.1. The molecule has 2 atom stereocenters. The largest absolute Gasteiger partial charge is 0.450 e. The highest BCUT2D eigenvalue weighted by atomic mass is 16.6. The van der Waals surface area contributed by atoms with Gasteiger partial charge >= 0.3 is 6.09 Å². The standard InChI is InChI=1S/C15H27N3O3/c1-3-21-15(20)18-8-5-13(6-9-18)17-14(19)12-4-7-16-11(2)10-12/h11-13,16H,3-10H2,1-2H3,(H,17,19). The van der Waals surface area contributed by atoms with Crippen molar-refractivity contribution in [1.29, 1.82) is 0 Å². The summed E-state index contributed by atoms with van der Waals surface area (Å²) >= 11 is 0. The Hall–Kier alpha value is -1.30. The Morgan fingerprint density at radius 3 is 2.62 bits per heavy atom. The summed E-state index contributed by atoms with van der Waals surface area (Å²) in [6.07, 6.45) is 3.20. The first-order valence-electron chi connectivity index (χ1n) is 8.05. The molecule has 2 amide bonds. The molecule has 2 N–H and O–H groups in total. The number of nitrogens with zero attached hydrogens (tertiary/aromatic N) is 1. The highest BCUT2D eigenvalue weighted by Crippen LogP contribution is 2.18. The molecule has 0 spiro atoms. The highest BCUT2D eigenvalue weighted by molar-refractivity contribution is 5.79. The lowest BCUT2D eigenvalue weighted by Crippen LogP contribution is -2.49. The maximum atomic E-state index is 12.3. The van der Waals surface area contributed by atoms with Gasteiger partial charge in [-0.2, -0.15) is 0 Å². The van der Waals surface area contributed by atoms with Gasteiger partial charge in [0.05, 0.1) is 6.61 Å². The van der Waals surface area contributed by atoms with Crippen LogP contribution in [0.4, 0.5) is 4.79 Å². The van der Waals surface area contributed by atoms with Crippen molar-refractivity contribution >= 4 is 12.0 Å². The van der Waals surface area contributed by atoms with Crippen LogP contribution in [0.2, 0.25) is 0 Å². The van der Waals surface area contributed by atoms with Gasteiger partial charge in [-0.05, 0) is 46.1 Å². The van der Waals surface area contributed by atoms with Crippen molar-refractivity contribution < 1.29 is 14.3 Å². The van der Waals surface area contributed by atoms with Gasteiger partial charge in [-0.15, -0.1) is 0 Å². The molecule has 2 fully saturated rings. The van der Waals surface area contributed by atoms with Gasteiger partial charge in [0, 0.05) is 31.1 Å². The van der Waals surface area contributed by atoms with E-state index in [4.69, 9.17) is 4.74 Å². The van der Waals surface area contributed by atoms with Crippen molar-refractivity contribution in [2.45, 2.75) is 51.6 Å². The molecule has 21 heavy (non-hydrogen) atoms. The van der Waals surface area contributed by atoms with Crippen LogP contribution in [-0.2, 0) is 9.53 Å². The predicted molar refractivity (Wildman–Crippen MR) is 79.9 cm³/mol. The summed E-state index contributed by atoms with van der Waals surface area (Å²) < 4.78 is 5.00. The number of piperidine rings is 2. The second-order valence-electron chi connectivity index (χ2n) is 6.05. The summed E-state index contributed by atoms with van der Waals surface area (Å²) in [5.41, 5.74) is 0. The highest BCUT2D eigenvalue weighted by Gasteiger charge is 2.29. The molecule has 0 bridgehead atoms. The van der Waals surface area contributed by atoms with Gasteiger partial charge < -0.3 is 20.3 Å². The maximum absolute atomic E-state index is 12.3. The van der Waals surface area contributed by atoms with Crippen LogP contribution in [0.3, 0.4) is 0 Å². The first kappa shape index (κ1) is 16.1. The maximum Gasteiger partial charge on any atom is 0.409 e. The Morgan fingerprint density at radius 2 is 2.00 bits per heavy atom. The van der Waals surface area contributed by atoms with E-state index in [-0.39, 0.29) is 24.0 Å². The van der Waals surface area contributed by atoms with E-state index in [1.54, 1.807) is 4.90 Å². The van der Waals surface area contributed by atoms with E-state index < -0.39 is 0 Å². The molecule has 0 saturated carbocycles. The van der Waals surface area contributed by atoms with E-state index in [2.05, 4.69) is 17.6 Å². The topological polar surface area (TPSA) is 70.7 Å². The third-order valence-electron chi connectivity index (χ3n) is 4.36. The van der Waals surface area contributed by atoms with Gasteiger partial charge in [0.1, 0.15) is 0 Å². The molecule has 120 valence electrons. The third kappa shape index (κ3) is 4.59. The quantitative estimate of drug-likeness (QED) is 0.819. The van der Waals surface area contributed by atoms with Crippen LogP contribution in [0, 0.1) is 5.92 Å². The minimum absolute atomic E-state index is 0.129. The molecule has 2 rings (SSSR count). The van der Waals surface area contributed by atoms with Crippen molar-refractivity contribution in [2.75, 3.05) is 26.2 Å². The van der Waals surface area contributed by atoms with Crippen LogP contribution >= 0.6 is 0 Å². The summed E-state index contributed by atoms with van der Waals surface area (Å²) in [5.74, 6) is 0.308. The lowest BCUT2D eigenvalue weighted by Gasteiger charge is -2.33. The molecule has 2 heterocycles. The van der Waals surface area contributed by atoms with Gasteiger partial charge in [0.15, 0.2) is 0 Å². The lowest BCUT2D eigenvalue weighted by atomic mass is 9.92. The lowest BCUT2D eigenvalue weighted by molar-refractivity contribution is -0.127. The summed E-state index contributed by atoms with van der Waals surface area (Å²) in [7, 11) is 0. The Bertz CT molecular complexity index is 367. The van der Waals surface area contributed by atoms with E-state index >= 15 is 0 Å². The minimum Gasteiger partial charge on any atom is -0.450 e. The van der Waals surface area contributed by atoms with E-state index in [9.17, 15) is 9.59 Å². The van der Waals surface area contributed by atoms with E-state index in [1.807, 2.05) is 6.92 Å². The fraction of sp³-hybridized carbons (Fsp3) is 0.867. The van der Waals surface area contributed by atoms with Gasteiger partial charge in [0.2, 0.25) is 5.91 Å². The summed E-state index contributed by atoms with van der Waals surface area (Å²) in [6, 6.07) is 0.605. The number of amides is 2. The smallest absolute Gasteiger partial charge is 0.409 e. The van der Waals surface area contributed by atoms with Gasteiger partial charge in [-0.1, -0.05) is 0 Å². The fourth-order valence-electron chi connectivity index (χ4n) is 3.11. The zero-order chi connectivity index (χ0) is 15.2. The van der Waals surface area contributed by atoms with Crippen molar-refractivity contribution in [1.82, 2.24) is 15.5 Å². The number of rotatable bonds is 3. The number of likely N-dealkylation sites (tertiary alicyclic amines) is 1. The molecule has 0 aromatic carbocycles. The Balaban J connectivity index is 1.73. The van der Waals surface area contributed by atoms with E-state index in [1.165, 1.54) is 0 Å². The molecule has 6 nitrogen and oxygen atoms in total. The molecule has 0 aliphatic carbocycles. The Kier molecular flexibility index (Phi) is 5.85. The average Bonchev–Trinajstić information content (AvgIpc) is 2.48. The molecule has 2 aliphatic heterocycles. The van der Waals surface area contributed by atoms with E-state index in [0.29, 0.717) is 25.7 Å². The predicted octanol–water partition coefficient (Wildman–Crippen LogP) is 1.11. The first-order chi connectivity index (χ1) is 10.1. The summed E-state index contributed by atoms with van der Waals surface area (Å²) in [4.78, 5) is 25.6. The molecule has 2 aliphatic rings. The van der Waals surface area contributed by atoms with Crippen LogP contribution in [0.15, 0.2) is 0 Å². The molecular weight excluding hydrogens is 270 g/mol. The van der Waals surface area contributed by atoms with Crippen LogP contribution < -0.4 is 10.6 Å². The van der Waals surface area contributed by atoms with Crippen molar-refractivity contribution in [3.63, 3.8) is 0 Å². The Morgan fingerprint density at radius 1 is 1.29 bits per heavy atom. The number of carbonyl (C=O) groups is 2. The number of hydrogen-bond donors (Lipinski definition) is 2. The Labute approximate surface area is 126 Å². The monoisotopic (exact) mass is 297 g/mol. The summed E-state index contributed by atoms with van der Waals surface area (Å²) in [6.45, 7) is 6.57. The molecule has 2 unspecified atom stereocenters. The molecule has 0 radical (unpaired) electrons. The number of carbonyl (C=O) groups excluding carboxylic acids is 2. The average molecular weight is 297 g/mol. The molecule has 2 saturated heterocycles. The van der Waals surface area contributed by atoms with Gasteiger partial charge in [-0.25, -0.2) is 4.79 Å². The molecule has 6 heteroatoms. The first-order valence-corrected chi connectivity index (χ1v) is 8.05. The molecule has 0 aromatic heterocycles. The normalized spacial score (nSPS) is 27.2. The van der Waals surface area contributed by atoms with Crippen LogP contribution in [0.25, 0.3) is 0 Å². The fourth-order valence-corrected chi connectivity index (χ4v) is 3.11. The minimum atomic E-state index is -0.241. The van der Waals surface area contributed by atoms with Crippen molar-refractivity contribution in [3.05, 3.63) is 0 Å². The van der Waals surface area contributed by atoms with Crippen LogP contribution in [-0.4, -0.2) is 55.2 Å². The SMILES string of the molecule is CCOC(=O)N1CCC(NC(=O)C2CCNC(C)C2)CC1. The summed E-state index contributed by atoms with van der Waals surface area (Å²) in [5, 5.41) is 6.52. The number of ether oxygens (including phenoxy) is 1. The van der Waals surface area contributed by atoms with Gasteiger partial charge in [0.25, 0.3) is 0 Å². The second-order valence-corrected chi connectivity index (χ2v) is 6.05. The molecular formula is C15H27N3O3. The van der Waals surface area contributed by atoms with Crippen molar-refractivity contribution in [3.8, 4) is 0 Å². The van der Waals surface area contributed by atoms with Crippen LogP contribution in [0.1, 0.15) is 39.5 Å². The zero-order valence-electron chi connectivity index (χ0n) is 13.1. The number of hydrogen-bond acceptors (Lipinski definition) is 4.